The maximum atomic E-state index is 13.5. The third-order valence-electron chi connectivity index (χ3n) is 2.66. The second-order valence-electron chi connectivity index (χ2n) is 3.96. The SMILES string of the molecule is CCN(CCN)Cc1cc(C(F)(F)F)ccc1F. The molecule has 2 N–H and O–H groups in total. The number of alkyl halides is 3. The zero-order valence-electron chi connectivity index (χ0n) is 10.1. The maximum Gasteiger partial charge on any atom is 0.416 e. The van der Waals surface area contributed by atoms with Gasteiger partial charge < -0.3 is 5.73 Å². The van der Waals surface area contributed by atoms with Gasteiger partial charge >= 0.3 is 6.18 Å². The molecule has 2 nitrogen and oxygen atoms in total. The molecule has 0 aromatic heterocycles. The Kier molecular flexibility index (Phi) is 5.10. The minimum Gasteiger partial charge on any atom is -0.329 e. The number of nitrogens with zero attached hydrogens (tertiary/aromatic N) is 1. The first-order valence-electron chi connectivity index (χ1n) is 5.66. The van der Waals surface area contributed by atoms with E-state index < -0.39 is 17.6 Å². The van der Waals surface area contributed by atoms with Gasteiger partial charge in [-0.25, -0.2) is 4.39 Å². The number of nitrogens with two attached hydrogens (primary N) is 1. The fourth-order valence-corrected chi connectivity index (χ4v) is 1.64. The molecular formula is C12H16F4N2. The second kappa shape index (κ2) is 6.15. The van der Waals surface area contributed by atoms with Gasteiger partial charge in [-0.05, 0) is 24.7 Å². The highest BCUT2D eigenvalue weighted by molar-refractivity contribution is 5.27. The Labute approximate surface area is 103 Å². The Morgan fingerprint density at radius 1 is 1.28 bits per heavy atom. The Hall–Kier alpha value is -1.14. The van der Waals surface area contributed by atoms with Crippen LogP contribution in [0.25, 0.3) is 0 Å². The van der Waals surface area contributed by atoms with Gasteiger partial charge in [-0.3, -0.25) is 4.90 Å². The number of hydrogen-bond acceptors (Lipinski definition) is 2. The molecule has 18 heavy (non-hydrogen) atoms. The lowest BCUT2D eigenvalue weighted by Gasteiger charge is -2.20. The lowest BCUT2D eigenvalue weighted by Crippen LogP contribution is -2.29. The summed E-state index contributed by atoms with van der Waals surface area (Å²) in [6.07, 6.45) is -4.45. The van der Waals surface area contributed by atoms with Gasteiger partial charge in [0, 0.05) is 25.2 Å². The zero-order valence-corrected chi connectivity index (χ0v) is 10.1. The predicted molar refractivity (Wildman–Crippen MR) is 61.4 cm³/mol. The molecule has 0 spiro atoms. The lowest BCUT2D eigenvalue weighted by molar-refractivity contribution is -0.137. The van der Waals surface area contributed by atoms with Crippen LogP contribution in [0.3, 0.4) is 0 Å². The Bertz CT molecular complexity index is 390. The topological polar surface area (TPSA) is 29.3 Å². The summed E-state index contributed by atoms with van der Waals surface area (Å²) in [5, 5.41) is 0. The van der Waals surface area contributed by atoms with E-state index in [1.54, 1.807) is 4.90 Å². The molecule has 0 saturated heterocycles. The van der Waals surface area contributed by atoms with E-state index in [2.05, 4.69) is 0 Å². The number of halogens is 4. The minimum absolute atomic E-state index is 0.0418. The molecule has 1 aromatic rings. The highest BCUT2D eigenvalue weighted by Gasteiger charge is 2.31. The first kappa shape index (κ1) is 14.9. The summed E-state index contributed by atoms with van der Waals surface area (Å²) in [5.74, 6) is -0.626. The largest absolute Gasteiger partial charge is 0.416 e. The van der Waals surface area contributed by atoms with Crippen LogP contribution < -0.4 is 5.73 Å². The Morgan fingerprint density at radius 3 is 2.44 bits per heavy atom. The number of benzene rings is 1. The molecule has 0 aliphatic rings. The fourth-order valence-electron chi connectivity index (χ4n) is 1.64. The number of likely N-dealkylation sites (N-methyl/N-ethyl adjacent to an activating group) is 1. The molecule has 0 heterocycles. The van der Waals surface area contributed by atoms with E-state index >= 15 is 0 Å². The molecule has 0 bridgehead atoms. The van der Waals surface area contributed by atoms with Gasteiger partial charge in [-0.15, -0.1) is 0 Å². The van der Waals surface area contributed by atoms with Crippen LogP contribution in [-0.2, 0) is 12.7 Å². The summed E-state index contributed by atoms with van der Waals surface area (Å²) in [4.78, 5) is 1.79. The summed E-state index contributed by atoms with van der Waals surface area (Å²) in [7, 11) is 0. The van der Waals surface area contributed by atoms with Crippen molar-refractivity contribution in [1.29, 1.82) is 0 Å². The van der Waals surface area contributed by atoms with Crippen molar-refractivity contribution in [3.63, 3.8) is 0 Å². The van der Waals surface area contributed by atoms with Crippen LogP contribution in [0.15, 0.2) is 18.2 Å². The lowest BCUT2D eigenvalue weighted by atomic mass is 10.1. The normalized spacial score (nSPS) is 12.2. The average Bonchev–Trinajstić information content (AvgIpc) is 2.29. The molecule has 0 saturated carbocycles. The van der Waals surface area contributed by atoms with Crippen LogP contribution in [0.1, 0.15) is 18.1 Å². The van der Waals surface area contributed by atoms with Crippen molar-refractivity contribution in [2.45, 2.75) is 19.6 Å². The van der Waals surface area contributed by atoms with Crippen molar-refractivity contribution >= 4 is 0 Å². The first-order chi connectivity index (χ1) is 8.38. The Balaban J connectivity index is 2.93. The van der Waals surface area contributed by atoms with Crippen molar-refractivity contribution in [3.8, 4) is 0 Å². The van der Waals surface area contributed by atoms with Gasteiger partial charge in [0.15, 0.2) is 0 Å². The molecule has 0 aliphatic carbocycles. The van der Waals surface area contributed by atoms with Gasteiger partial charge in [-0.1, -0.05) is 6.92 Å². The fraction of sp³-hybridized carbons (Fsp3) is 0.500. The van der Waals surface area contributed by atoms with Crippen LogP contribution in [0.5, 0.6) is 0 Å². The van der Waals surface area contributed by atoms with Crippen LogP contribution in [0.4, 0.5) is 17.6 Å². The standard InChI is InChI=1S/C12H16F4N2/c1-2-18(6-5-17)8-9-7-10(12(14,15)16)3-4-11(9)13/h3-4,7H,2,5-6,8,17H2,1H3. The molecule has 102 valence electrons. The number of hydrogen-bond donors (Lipinski definition) is 1. The third kappa shape index (κ3) is 3.96. The van der Waals surface area contributed by atoms with E-state index in [-0.39, 0.29) is 12.1 Å². The van der Waals surface area contributed by atoms with Gasteiger partial charge in [0.05, 0.1) is 5.56 Å². The van der Waals surface area contributed by atoms with E-state index in [0.717, 1.165) is 18.2 Å². The van der Waals surface area contributed by atoms with Gasteiger partial charge in [0.25, 0.3) is 0 Å². The van der Waals surface area contributed by atoms with Gasteiger partial charge in [0.1, 0.15) is 5.82 Å². The predicted octanol–water partition coefficient (Wildman–Crippen LogP) is 2.63. The van der Waals surface area contributed by atoms with Crippen molar-refractivity contribution in [2.24, 2.45) is 5.73 Å². The summed E-state index contributed by atoms with van der Waals surface area (Å²) < 4.78 is 51.0. The Morgan fingerprint density at radius 2 is 1.94 bits per heavy atom. The molecule has 0 radical (unpaired) electrons. The van der Waals surface area contributed by atoms with Crippen LogP contribution in [0.2, 0.25) is 0 Å². The molecule has 1 aromatic carbocycles. The van der Waals surface area contributed by atoms with Gasteiger partial charge in [0.2, 0.25) is 0 Å². The maximum absolute atomic E-state index is 13.5. The molecule has 1 rings (SSSR count). The smallest absolute Gasteiger partial charge is 0.329 e. The van der Waals surface area contributed by atoms with Gasteiger partial charge in [-0.2, -0.15) is 13.2 Å². The van der Waals surface area contributed by atoms with E-state index in [9.17, 15) is 17.6 Å². The summed E-state index contributed by atoms with van der Waals surface area (Å²) >= 11 is 0. The molecule has 6 heteroatoms. The highest BCUT2D eigenvalue weighted by Crippen LogP contribution is 2.30. The second-order valence-corrected chi connectivity index (χ2v) is 3.96. The van der Waals surface area contributed by atoms with Crippen molar-refractivity contribution in [3.05, 3.63) is 35.1 Å². The monoisotopic (exact) mass is 264 g/mol. The van der Waals surface area contributed by atoms with Crippen molar-refractivity contribution in [2.75, 3.05) is 19.6 Å². The zero-order chi connectivity index (χ0) is 13.8. The van der Waals surface area contributed by atoms with E-state index in [1.165, 1.54) is 0 Å². The summed E-state index contributed by atoms with van der Waals surface area (Å²) in [6, 6.07) is 2.46. The molecule has 0 amide bonds. The van der Waals surface area contributed by atoms with E-state index in [0.29, 0.717) is 19.6 Å². The average molecular weight is 264 g/mol. The molecular weight excluding hydrogens is 248 g/mol. The number of rotatable bonds is 5. The van der Waals surface area contributed by atoms with Crippen LogP contribution >= 0.6 is 0 Å². The minimum atomic E-state index is -4.45. The molecule has 0 atom stereocenters. The van der Waals surface area contributed by atoms with E-state index in [4.69, 9.17) is 5.73 Å². The first-order valence-corrected chi connectivity index (χ1v) is 5.66. The molecule has 0 aliphatic heterocycles. The summed E-state index contributed by atoms with van der Waals surface area (Å²) in [6.45, 7) is 3.48. The van der Waals surface area contributed by atoms with Crippen LogP contribution in [-0.4, -0.2) is 24.5 Å². The molecule has 0 unspecified atom stereocenters. The third-order valence-corrected chi connectivity index (χ3v) is 2.66. The van der Waals surface area contributed by atoms with Crippen LogP contribution in [0, 0.1) is 5.82 Å². The van der Waals surface area contributed by atoms with Crippen molar-refractivity contribution < 1.29 is 17.6 Å². The summed E-state index contributed by atoms with van der Waals surface area (Å²) in [5.41, 5.74) is 4.59. The quantitative estimate of drug-likeness (QED) is 0.828. The van der Waals surface area contributed by atoms with E-state index in [1.807, 2.05) is 6.92 Å². The highest BCUT2D eigenvalue weighted by atomic mass is 19.4. The molecule has 0 fully saturated rings. The van der Waals surface area contributed by atoms with Crippen molar-refractivity contribution in [1.82, 2.24) is 4.90 Å².